The van der Waals surface area contributed by atoms with Crippen molar-refractivity contribution in [1.82, 2.24) is 14.9 Å². The van der Waals surface area contributed by atoms with E-state index in [2.05, 4.69) is 63.9 Å². The van der Waals surface area contributed by atoms with E-state index in [9.17, 15) is 10.1 Å². The van der Waals surface area contributed by atoms with E-state index in [1.807, 2.05) is 18.2 Å². The Bertz CT molecular complexity index is 1090. The molecule has 0 saturated heterocycles. The molecule has 33 heavy (non-hydrogen) atoms. The lowest BCUT2D eigenvalue weighted by atomic mass is 9.82. The molecule has 0 radical (unpaired) electrons. The molecule has 0 amide bonds. The molecule has 1 heterocycles. The number of nitrogens with zero attached hydrogens (tertiary/aromatic N) is 4. The number of hydrogen-bond donors (Lipinski definition) is 2. The molecule has 2 N–H and O–H groups in total. The normalized spacial score (nSPS) is 18.4. The average Bonchev–Trinajstić information content (AvgIpc) is 2.82. The second kappa shape index (κ2) is 10.6. The largest absolute Gasteiger partial charge is 0.364 e. The van der Waals surface area contributed by atoms with Crippen LogP contribution in [0.3, 0.4) is 0 Å². The monoisotopic (exact) mass is 448 g/mol. The van der Waals surface area contributed by atoms with Crippen LogP contribution in [0.15, 0.2) is 48.7 Å². The molecule has 174 valence electrons. The van der Waals surface area contributed by atoms with E-state index in [-0.39, 0.29) is 11.5 Å². The van der Waals surface area contributed by atoms with Gasteiger partial charge in [0.05, 0.1) is 4.92 Å². The lowest BCUT2D eigenvalue weighted by Crippen LogP contribution is -2.28. The van der Waals surface area contributed by atoms with Gasteiger partial charge >= 0.3 is 5.69 Å². The predicted molar refractivity (Wildman–Crippen MR) is 132 cm³/mol. The second-order valence-electron chi connectivity index (χ2n) is 9.21. The van der Waals surface area contributed by atoms with Gasteiger partial charge in [-0.3, -0.25) is 10.1 Å². The fraction of sp³-hybridized carbons (Fsp3) is 0.440. The van der Waals surface area contributed by atoms with Crippen LogP contribution in [0.25, 0.3) is 10.8 Å². The fourth-order valence-corrected chi connectivity index (χ4v) is 4.72. The number of benzene rings is 2. The third kappa shape index (κ3) is 5.96. The molecule has 0 unspecified atom stereocenters. The Hall–Kier alpha value is -3.26. The minimum Gasteiger partial charge on any atom is -0.364 e. The summed E-state index contributed by atoms with van der Waals surface area (Å²) in [5.74, 6) is 1.91. The third-order valence-corrected chi connectivity index (χ3v) is 6.43. The SMILES string of the molecule is CN(C)C[C@H]1CC[C@@H](CNc2nc(NCc3cccc4ccccc34)ncc2[N+](=O)[O-])CC1. The molecule has 0 spiro atoms. The molecule has 3 aromatic rings. The van der Waals surface area contributed by atoms with Gasteiger partial charge in [-0.15, -0.1) is 0 Å². The maximum absolute atomic E-state index is 11.5. The van der Waals surface area contributed by atoms with Crippen molar-refractivity contribution < 1.29 is 4.92 Å². The van der Waals surface area contributed by atoms with Crippen LogP contribution in [-0.4, -0.2) is 47.0 Å². The summed E-state index contributed by atoms with van der Waals surface area (Å²) in [6, 6.07) is 14.4. The van der Waals surface area contributed by atoms with Crippen molar-refractivity contribution in [2.45, 2.75) is 32.2 Å². The Morgan fingerprint density at radius 2 is 1.76 bits per heavy atom. The highest BCUT2D eigenvalue weighted by Crippen LogP contribution is 2.30. The van der Waals surface area contributed by atoms with Crippen LogP contribution in [0.2, 0.25) is 0 Å². The molecule has 1 aliphatic rings. The van der Waals surface area contributed by atoms with Crippen LogP contribution in [0.4, 0.5) is 17.5 Å². The van der Waals surface area contributed by atoms with Crippen molar-refractivity contribution in [3.05, 3.63) is 64.3 Å². The summed E-state index contributed by atoms with van der Waals surface area (Å²) in [4.78, 5) is 22.0. The van der Waals surface area contributed by atoms with Gasteiger partial charge in [0.25, 0.3) is 0 Å². The van der Waals surface area contributed by atoms with Crippen LogP contribution in [0.5, 0.6) is 0 Å². The van der Waals surface area contributed by atoms with E-state index in [1.54, 1.807) is 0 Å². The highest BCUT2D eigenvalue weighted by atomic mass is 16.6. The first-order valence-electron chi connectivity index (χ1n) is 11.6. The average molecular weight is 449 g/mol. The van der Waals surface area contributed by atoms with Gasteiger partial charge in [-0.2, -0.15) is 4.98 Å². The van der Waals surface area contributed by atoms with Gasteiger partial charge < -0.3 is 15.5 Å². The van der Waals surface area contributed by atoms with E-state index in [4.69, 9.17) is 0 Å². The third-order valence-electron chi connectivity index (χ3n) is 6.43. The Morgan fingerprint density at radius 3 is 2.52 bits per heavy atom. The smallest absolute Gasteiger partial charge is 0.329 e. The molecular formula is C25H32N6O2. The van der Waals surface area contributed by atoms with Crippen LogP contribution in [0.1, 0.15) is 31.2 Å². The van der Waals surface area contributed by atoms with E-state index in [1.165, 1.54) is 24.4 Å². The fourth-order valence-electron chi connectivity index (χ4n) is 4.72. The standard InChI is InChI=1S/C25H32N6O2/c1-30(2)17-19-12-10-18(11-13-19)14-26-24-23(31(32)33)16-28-25(29-24)27-15-21-8-5-7-20-6-3-4-9-22(20)21/h3-9,16,18-19H,10-15,17H2,1-2H3,(H2,26,27,28,29)/t18-,19+. The summed E-state index contributed by atoms with van der Waals surface area (Å²) >= 11 is 0. The zero-order valence-electron chi connectivity index (χ0n) is 19.3. The zero-order valence-corrected chi connectivity index (χ0v) is 19.3. The Labute approximate surface area is 194 Å². The van der Waals surface area contributed by atoms with Crippen molar-refractivity contribution >= 4 is 28.2 Å². The quantitative estimate of drug-likeness (QED) is 0.354. The molecule has 1 aromatic heterocycles. The maximum atomic E-state index is 11.5. The lowest BCUT2D eigenvalue weighted by Gasteiger charge is -2.30. The van der Waals surface area contributed by atoms with E-state index >= 15 is 0 Å². The minimum absolute atomic E-state index is 0.0907. The van der Waals surface area contributed by atoms with Crippen LogP contribution in [0, 0.1) is 22.0 Å². The first kappa shape index (κ1) is 22.9. The molecule has 0 bridgehead atoms. The molecule has 2 aromatic carbocycles. The number of aromatic nitrogens is 2. The summed E-state index contributed by atoms with van der Waals surface area (Å²) in [7, 11) is 4.24. The predicted octanol–water partition coefficient (Wildman–Crippen LogP) is 4.93. The summed E-state index contributed by atoms with van der Waals surface area (Å²) < 4.78 is 0. The number of nitro groups is 1. The Morgan fingerprint density at radius 1 is 1.03 bits per heavy atom. The summed E-state index contributed by atoms with van der Waals surface area (Å²) in [5, 5.41) is 20.3. The Kier molecular flexibility index (Phi) is 7.34. The van der Waals surface area contributed by atoms with E-state index in [0.29, 0.717) is 25.0 Å². The second-order valence-corrected chi connectivity index (χ2v) is 9.21. The van der Waals surface area contributed by atoms with Crippen molar-refractivity contribution in [2.24, 2.45) is 11.8 Å². The van der Waals surface area contributed by atoms with Gasteiger partial charge in [0.2, 0.25) is 11.8 Å². The molecule has 4 rings (SSSR count). The number of fused-ring (bicyclic) bond motifs is 1. The molecule has 1 saturated carbocycles. The van der Waals surface area contributed by atoms with Crippen LogP contribution >= 0.6 is 0 Å². The lowest BCUT2D eigenvalue weighted by molar-refractivity contribution is -0.384. The first-order valence-corrected chi connectivity index (χ1v) is 11.6. The van der Waals surface area contributed by atoms with E-state index < -0.39 is 4.92 Å². The van der Waals surface area contributed by atoms with Crippen molar-refractivity contribution in [3.63, 3.8) is 0 Å². The summed E-state index contributed by atoms with van der Waals surface area (Å²) in [6.07, 6.45) is 5.96. The highest BCUT2D eigenvalue weighted by molar-refractivity contribution is 5.85. The summed E-state index contributed by atoms with van der Waals surface area (Å²) in [5.41, 5.74) is 1.03. The summed E-state index contributed by atoms with van der Waals surface area (Å²) in [6.45, 7) is 2.35. The van der Waals surface area contributed by atoms with E-state index in [0.717, 1.165) is 36.3 Å². The molecule has 0 aliphatic heterocycles. The minimum atomic E-state index is -0.426. The number of nitrogens with one attached hydrogen (secondary N) is 2. The molecular weight excluding hydrogens is 416 g/mol. The van der Waals surface area contributed by atoms with Gasteiger partial charge in [0, 0.05) is 19.6 Å². The Balaban J connectivity index is 1.40. The molecule has 0 atom stereocenters. The van der Waals surface area contributed by atoms with Crippen molar-refractivity contribution in [2.75, 3.05) is 37.8 Å². The molecule has 1 aliphatic carbocycles. The van der Waals surface area contributed by atoms with Gasteiger partial charge in [-0.25, -0.2) is 4.98 Å². The topological polar surface area (TPSA) is 96.2 Å². The van der Waals surface area contributed by atoms with Gasteiger partial charge in [-0.1, -0.05) is 42.5 Å². The number of hydrogen-bond acceptors (Lipinski definition) is 7. The van der Waals surface area contributed by atoms with Crippen molar-refractivity contribution in [3.8, 4) is 0 Å². The van der Waals surface area contributed by atoms with Gasteiger partial charge in [-0.05, 0) is 68.0 Å². The van der Waals surface area contributed by atoms with Crippen LogP contribution < -0.4 is 10.6 Å². The number of rotatable bonds is 9. The first-order chi connectivity index (χ1) is 16.0. The molecule has 8 heteroatoms. The molecule has 8 nitrogen and oxygen atoms in total. The maximum Gasteiger partial charge on any atom is 0.329 e. The number of anilines is 2. The van der Waals surface area contributed by atoms with Crippen molar-refractivity contribution in [1.29, 1.82) is 0 Å². The van der Waals surface area contributed by atoms with Gasteiger partial charge in [0.1, 0.15) is 6.20 Å². The zero-order chi connectivity index (χ0) is 23.2. The molecule has 1 fully saturated rings. The highest BCUT2D eigenvalue weighted by Gasteiger charge is 2.23. The van der Waals surface area contributed by atoms with Crippen LogP contribution in [-0.2, 0) is 6.54 Å². The van der Waals surface area contributed by atoms with Gasteiger partial charge in [0.15, 0.2) is 0 Å².